The largest absolute Gasteiger partial charge is 0.507 e. The van der Waals surface area contributed by atoms with Crippen LogP contribution in [0.5, 0.6) is 5.75 Å². The number of benzene rings is 1. The molecule has 2 N–H and O–H groups in total. The molecule has 0 aromatic heterocycles. The summed E-state index contributed by atoms with van der Waals surface area (Å²) in [6, 6.07) is 5.58. The molecule has 0 aliphatic heterocycles. The molecule has 1 amide bonds. The van der Waals surface area contributed by atoms with E-state index in [2.05, 4.69) is 5.32 Å². The van der Waals surface area contributed by atoms with Crippen molar-refractivity contribution >= 4 is 5.91 Å². The van der Waals surface area contributed by atoms with E-state index in [1.807, 2.05) is 25.1 Å². The number of amides is 1. The smallest absolute Gasteiger partial charge is 0.236 e. The fourth-order valence-corrected chi connectivity index (χ4v) is 1.32. The molecule has 1 aromatic rings. The Morgan fingerprint density at radius 2 is 2.12 bits per heavy atom. The van der Waals surface area contributed by atoms with E-state index in [9.17, 15) is 9.90 Å². The zero-order valence-corrected chi connectivity index (χ0v) is 9.95. The highest BCUT2D eigenvalue weighted by Gasteiger charge is 2.05. The zero-order valence-electron chi connectivity index (χ0n) is 9.95. The molecule has 1 rings (SSSR count). The SMILES string of the molecule is Cc1cccc(CNCC(=O)N(C)C)c1O. The molecule has 4 nitrogen and oxygen atoms in total. The van der Waals surface area contributed by atoms with Gasteiger partial charge >= 0.3 is 0 Å². The lowest BCUT2D eigenvalue weighted by Gasteiger charge is -2.12. The summed E-state index contributed by atoms with van der Waals surface area (Å²) in [7, 11) is 3.43. The third kappa shape index (κ3) is 3.24. The molecule has 0 bridgehead atoms. The molecule has 0 fully saturated rings. The van der Waals surface area contributed by atoms with Crippen LogP contribution in [0.25, 0.3) is 0 Å². The van der Waals surface area contributed by atoms with Gasteiger partial charge in [0.25, 0.3) is 0 Å². The Kier molecular flexibility index (Phi) is 4.31. The third-order valence-corrected chi connectivity index (χ3v) is 2.41. The van der Waals surface area contributed by atoms with Crippen molar-refractivity contribution in [2.24, 2.45) is 0 Å². The summed E-state index contributed by atoms with van der Waals surface area (Å²) in [6.45, 7) is 2.62. The van der Waals surface area contributed by atoms with Gasteiger partial charge in [-0.15, -0.1) is 0 Å². The average molecular weight is 222 g/mol. The van der Waals surface area contributed by atoms with Gasteiger partial charge in [-0.2, -0.15) is 0 Å². The van der Waals surface area contributed by atoms with Gasteiger partial charge in [0.2, 0.25) is 5.91 Å². The molecule has 0 aliphatic carbocycles. The number of carbonyl (C=O) groups is 1. The quantitative estimate of drug-likeness (QED) is 0.795. The Bertz CT molecular complexity index is 375. The minimum Gasteiger partial charge on any atom is -0.507 e. The predicted molar refractivity (Wildman–Crippen MR) is 63.2 cm³/mol. The molecule has 0 unspecified atom stereocenters. The van der Waals surface area contributed by atoms with Crippen molar-refractivity contribution in [1.82, 2.24) is 10.2 Å². The third-order valence-electron chi connectivity index (χ3n) is 2.41. The molecular weight excluding hydrogens is 204 g/mol. The molecule has 0 aliphatic rings. The minimum atomic E-state index is 0.0205. The Morgan fingerprint density at radius 3 is 2.75 bits per heavy atom. The van der Waals surface area contributed by atoms with Crippen LogP contribution in [0.4, 0.5) is 0 Å². The first-order valence-corrected chi connectivity index (χ1v) is 5.20. The molecule has 4 heteroatoms. The first-order chi connectivity index (χ1) is 7.52. The summed E-state index contributed by atoms with van der Waals surface area (Å²) in [4.78, 5) is 12.8. The van der Waals surface area contributed by atoms with Gasteiger partial charge in [0.1, 0.15) is 5.75 Å². The Hall–Kier alpha value is -1.55. The highest BCUT2D eigenvalue weighted by Crippen LogP contribution is 2.20. The van der Waals surface area contributed by atoms with Gasteiger partial charge in [-0.1, -0.05) is 18.2 Å². The van der Waals surface area contributed by atoms with Crippen molar-refractivity contribution in [2.75, 3.05) is 20.6 Å². The van der Waals surface area contributed by atoms with Gasteiger partial charge < -0.3 is 15.3 Å². The Balaban J connectivity index is 2.49. The number of rotatable bonds is 4. The van der Waals surface area contributed by atoms with Crippen molar-refractivity contribution in [2.45, 2.75) is 13.5 Å². The number of aromatic hydroxyl groups is 1. The molecule has 0 saturated heterocycles. The molecule has 88 valence electrons. The van der Waals surface area contributed by atoms with Crippen molar-refractivity contribution in [1.29, 1.82) is 0 Å². The minimum absolute atomic E-state index is 0.0205. The summed E-state index contributed by atoms with van der Waals surface area (Å²) in [5, 5.41) is 12.7. The number of aryl methyl sites for hydroxylation is 1. The van der Waals surface area contributed by atoms with Crippen molar-refractivity contribution in [3.63, 3.8) is 0 Å². The summed E-state index contributed by atoms with van der Waals surface area (Å²) < 4.78 is 0. The fraction of sp³-hybridized carbons (Fsp3) is 0.417. The van der Waals surface area contributed by atoms with E-state index < -0.39 is 0 Å². The molecule has 0 heterocycles. The van der Waals surface area contributed by atoms with Crippen LogP contribution >= 0.6 is 0 Å². The maximum Gasteiger partial charge on any atom is 0.236 e. The second-order valence-electron chi connectivity index (χ2n) is 3.97. The Morgan fingerprint density at radius 1 is 1.44 bits per heavy atom. The van der Waals surface area contributed by atoms with Gasteiger partial charge in [-0.3, -0.25) is 4.79 Å². The van der Waals surface area contributed by atoms with Crippen molar-refractivity contribution in [3.05, 3.63) is 29.3 Å². The number of phenols is 1. The lowest BCUT2D eigenvalue weighted by atomic mass is 10.1. The average Bonchev–Trinajstić information content (AvgIpc) is 2.24. The fourth-order valence-electron chi connectivity index (χ4n) is 1.32. The predicted octanol–water partition coefficient (Wildman–Crippen LogP) is 0.878. The number of nitrogens with one attached hydrogen (secondary N) is 1. The van der Waals surface area contributed by atoms with Crippen LogP contribution < -0.4 is 5.32 Å². The molecule has 0 radical (unpaired) electrons. The summed E-state index contributed by atoms with van der Waals surface area (Å²) in [5.41, 5.74) is 1.66. The van der Waals surface area contributed by atoms with E-state index in [-0.39, 0.29) is 12.5 Å². The van der Waals surface area contributed by atoms with Gasteiger partial charge in [0.05, 0.1) is 6.54 Å². The lowest BCUT2D eigenvalue weighted by Crippen LogP contribution is -2.32. The van der Waals surface area contributed by atoms with Crippen molar-refractivity contribution in [3.8, 4) is 5.75 Å². The standard InChI is InChI=1S/C12H18N2O2/c1-9-5-4-6-10(12(9)16)7-13-8-11(15)14(2)3/h4-6,13,16H,7-8H2,1-3H3. The molecule has 0 spiro atoms. The first-order valence-electron chi connectivity index (χ1n) is 5.20. The van der Waals surface area contributed by atoms with E-state index in [1.165, 1.54) is 4.90 Å². The molecule has 16 heavy (non-hydrogen) atoms. The number of likely N-dealkylation sites (N-methyl/N-ethyl adjacent to an activating group) is 1. The van der Waals surface area contributed by atoms with Crippen LogP contribution in [0, 0.1) is 6.92 Å². The van der Waals surface area contributed by atoms with Crippen LogP contribution in [0.1, 0.15) is 11.1 Å². The summed E-state index contributed by atoms with van der Waals surface area (Å²) in [6.07, 6.45) is 0. The normalized spacial score (nSPS) is 10.2. The molecular formula is C12H18N2O2. The van der Waals surface area contributed by atoms with Gasteiger partial charge in [0.15, 0.2) is 0 Å². The maximum absolute atomic E-state index is 11.3. The van der Waals surface area contributed by atoms with Crippen LogP contribution in [-0.4, -0.2) is 36.6 Å². The van der Waals surface area contributed by atoms with Crippen molar-refractivity contribution < 1.29 is 9.90 Å². The molecule has 1 aromatic carbocycles. The lowest BCUT2D eigenvalue weighted by molar-refractivity contribution is -0.127. The maximum atomic E-state index is 11.3. The topological polar surface area (TPSA) is 52.6 Å². The second-order valence-corrected chi connectivity index (χ2v) is 3.97. The number of phenolic OH excluding ortho intramolecular Hbond substituents is 1. The number of carbonyl (C=O) groups excluding carboxylic acids is 1. The van der Waals surface area contributed by atoms with E-state index >= 15 is 0 Å². The number of para-hydroxylation sites is 1. The van der Waals surface area contributed by atoms with Gasteiger partial charge in [0, 0.05) is 26.2 Å². The molecule has 0 saturated carbocycles. The second kappa shape index (κ2) is 5.51. The highest BCUT2D eigenvalue weighted by molar-refractivity contribution is 5.77. The van der Waals surface area contributed by atoms with E-state index in [4.69, 9.17) is 0 Å². The monoisotopic (exact) mass is 222 g/mol. The Labute approximate surface area is 95.9 Å². The van der Waals surface area contributed by atoms with Crippen LogP contribution in [-0.2, 0) is 11.3 Å². The first kappa shape index (κ1) is 12.5. The highest BCUT2D eigenvalue weighted by atomic mass is 16.3. The van der Waals surface area contributed by atoms with E-state index in [0.717, 1.165) is 11.1 Å². The summed E-state index contributed by atoms with van der Waals surface area (Å²) in [5.74, 6) is 0.319. The van der Waals surface area contributed by atoms with Crippen LogP contribution in [0.2, 0.25) is 0 Å². The van der Waals surface area contributed by atoms with Gasteiger partial charge in [-0.25, -0.2) is 0 Å². The van der Waals surface area contributed by atoms with E-state index in [0.29, 0.717) is 12.3 Å². The van der Waals surface area contributed by atoms with E-state index in [1.54, 1.807) is 14.1 Å². The number of hydrogen-bond donors (Lipinski definition) is 2. The zero-order chi connectivity index (χ0) is 12.1. The van der Waals surface area contributed by atoms with Crippen LogP contribution in [0.15, 0.2) is 18.2 Å². The molecule has 0 atom stereocenters. The summed E-state index contributed by atoms with van der Waals surface area (Å²) >= 11 is 0. The number of hydrogen-bond acceptors (Lipinski definition) is 3. The van der Waals surface area contributed by atoms with Crippen LogP contribution in [0.3, 0.4) is 0 Å². The van der Waals surface area contributed by atoms with Gasteiger partial charge in [-0.05, 0) is 12.5 Å². The number of nitrogens with zero attached hydrogens (tertiary/aromatic N) is 1.